The average Bonchev–Trinajstić information content (AvgIpc) is 2.38. The number of benzene rings is 1. The fourth-order valence-electron chi connectivity index (χ4n) is 1.47. The van der Waals surface area contributed by atoms with Crippen molar-refractivity contribution in [3.05, 3.63) is 24.3 Å². The van der Waals surface area contributed by atoms with Gasteiger partial charge in [0.15, 0.2) is 5.82 Å². The molecule has 94 valence electrons. The monoisotopic (exact) mass is 245 g/mol. The minimum atomic E-state index is 0.200. The summed E-state index contributed by atoms with van der Waals surface area (Å²) in [6.07, 6.45) is 0. The van der Waals surface area contributed by atoms with Gasteiger partial charge in [0.05, 0.1) is 7.11 Å². The van der Waals surface area contributed by atoms with Gasteiger partial charge >= 0.3 is 0 Å². The van der Waals surface area contributed by atoms with Crippen LogP contribution in [-0.2, 0) is 0 Å². The molecule has 0 atom stereocenters. The first-order valence-corrected chi connectivity index (χ1v) is 5.43. The Labute approximate surface area is 105 Å². The van der Waals surface area contributed by atoms with E-state index in [1.54, 1.807) is 12.0 Å². The van der Waals surface area contributed by atoms with Crippen molar-refractivity contribution in [2.24, 2.45) is 0 Å². The molecular weight excluding hydrogens is 230 g/mol. The molecule has 1 aromatic carbocycles. The number of anilines is 2. The normalized spacial score (nSPS) is 10.2. The molecule has 2 aromatic rings. The Balaban J connectivity index is 2.49. The van der Waals surface area contributed by atoms with Crippen molar-refractivity contribution in [2.75, 3.05) is 31.8 Å². The highest BCUT2D eigenvalue weighted by molar-refractivity contribution is 5.59. The van der Waals surface area contributed by atoms with Crippen LogP contribution in [0.25, 0.3) is 11.4 Å². The summed E-state index contributed by atoms with van der Waals surface area (Å²) < 4.78 is 5.17. The highest BCUT2D eigenvalue weighted by atomic mass is 16.5. The van der Waals surface area contributed by atoms with Crippen molar-refractivity contribution < 1.29 is 4.74 Å². The summed E-state index contributed by atoms with van der Waals surface area (Å²) in [4.78, 5) is 14.3. The summed E-state index contributed by atoms with van der Waals surface area (Å²) in [5, 5.41) is 0. The summed E-state index contributed by atoms with van der Waals surface area (Å²) in [6.45, 7) is 0. The lowest BCUT2D eigenvalue weighted by molar-refractivity contribution is 0.415. The number of nitrogen functional groups attached to an aromatic ring is 1. The van der Waals surface area contributed by atoms with Gasteiger partial charge in [0, 0.05) is 19.7 Å². The van der Waals surface area contributed by atoms with Gasteiger partial charge in [-0.3, -0.25) is 0 Å². The van der Waals surface area contributed by atoms with Crippen LogP contribution in [0.2, 0.25) is 0 Å². The maximum absolute atomic E-state index is 5.68. The smallest absolute Gasteiger partial charge is 0.230 e. The van der Waals surface area contributed by atoms with Crippen LogP contribution in [0.4, 0.5) is 11.9 Å². The molecule has 0 aliphatic carbocycles. The van der Waals surface area contributed by atoms with Gasteiger partial charge in [-0.05, 0) is 12.1 Å². The molecule has 18 heavy (non-hydrogen) atoms. The Hall–Kier alpha value is -2.37. The van der Waals surface area contributed by atoms with Crippen molar-refractivity contribution in [1.29, 1.82) is 0 Å². The Kier molecular flexibility index (Phi) is 3.27. The van der Waals surface area contributed by atoms with Crippen LogP contribution in [0.3, 0.4) is 0 Å². The number of methoxy groups -OCH3 is 1. The zero-order chi connectivity index (χ0) is 13.1. The Bertz CT molecular complexity index is 556. The third-order valence-electron chi connectivity index (χ3n) is 2.37. The Morgan fingerprint density at radius 3 is 2.61 bits per heavy atom. The van der Waals surface area contributed by atoms with Crippen molar-refractivity contribution in [3.8, 4) is 17.1 Å². The molecule has 0 amide bonds. The second-order valence-electron chi connectivity index (χ2n) is 3.94. The molecule has 0 radical (unpaired) electrons. The molecular formula is C12H15N5O. The van der Waals surface area contributed by atoms with Crippen LogP contribution in [0.15, 0.2) is 24.3 Å². The molecule has 0 bridgehead atoms. The van der Waals surface area contributed by atoms with Gasteiger partial charge in [0.2, 0.25) is 11.9 Å². The molecule has 0 aliphatic heterocycles. The Morgan fingerprint density at radius 2 is 1.94 bits per heavy atom. The van der Waals surface area contributed by atoms with E-state index in [4.69, 9.17) is 10.5 Å². The minimum Gasteiger partial charge on any atom is -0.497 e. The summed E-state index contributed by atoms with van der Waals surface area (Å²) >= 11 is 0. The lowest BCUT2D eigenvalue weighted by Gasteiger charge is -2.11. The second kappa shape index (κ2) is 4.87. The number of hydrogen-bond donors (Lipinski definition) is 1. The van der Waals surface area contributed by atoms with Crippen molar-refractivity contribution in [1.82, 2.24) is 15.0 Å². The molecule has 6 heteroatoms. The van der Waals surface area contributed by atoms with Gasteiger partial charge in [0.25, 0.3) is 0 Å². The van der Waals surface area contributed by atoms with Crippen molar-refractivity contribution in [3.63, 3.8) is 0 Å². The lowest BCUT2D eigenvalue weighted by Crippen LogP contribution is -2.15. The number of nitrogens with zero attached hydrogens (tertiary/aromatic N) is 4. The van der Waals surface area contributed by atoms with Gasteiger partial charge in [-0.2, -0.15) is 15.0 Å². The molecule has 6 nitrogen and oxygen atoms in total. The first-order chi connectivity index (χ1) is 8.60. The zero-order valence-corrected chi connectivity index (χ0v) is 10.6. The molecule has 1 heterocycles. The van der Waals surface area contributed by atoms with E-state index in [0.717, 1.165) is 11.3 Å². The molecule has 0 spiro atoms. The molecule has 0 saturated carbocycles. The van der Waals surface area contributed by atoms with Gasteiger partial charge in [-0.15, -0.1) is 0 Å². The van der Waals surface area contributed by atoms with Crippen LogP contribution in [-0.4, -0.2) is 36.2 Å². The predicted octanol–water partition coefficient (Wildman–Crippen LogP) is 1.20. The van der Waals surface area contributed by atoms with E-state index < -0.39 is 0 Å². The SMILES string of the molecule is COc1cccc(-c2nc(N)nc(N(C)C)n2)c1. The maximum Gasteiger partial charge on any atom is 0.230 e. The van der Waals surface area contributed by atoms with Crippen LogP contribution >= 0.6 is 0 Å². The van der Waals surface area contributed by atoms with Crippen molar-refractivity contribution in [2.45, 2.75) is 0 Å². The zero-order valence-electron chi connectivity index (χ0n) is 10.6. The van der Waals surface area contributed by atoms with Crippen LogP contribution in [0, 0.1) is 0 Å². The number of aromatic nitrogens is 3. The number of rotatable bonds is 3. The van der Waals surface area contributed by atoms with E-state index in [0.29, 0.717) is 11.8 Å². The van der Waals surface area contributed by atoms with Crippen LogP contribution in [0.1, 0.15) is 0 Å². The summed E-state index contributed by atoms with van der Waals surface area (Å²) in [5.74, 6) is 2.01. The molecule has 0 unspecified atom stereocenters. The van der Waals surface area contributed by atoms with E-state index in [-0.39, 0.29) is 5.95 Å². The Morgan fingerprint density at radius 1 is 1.17 bits per heavy atom. The maximum atomic E-state index is 5.68. The van der Waals surface area contributed by atoms with Crippen LogP contribution in [0.5, 0.6) is 5.75 Å². The number of ether oxygens (including phenoxy) is 1. The standard InChI is InChI=1S/C12H15N5O/c1-17(2)12-15-10(14-11(13)16-12)8-5-4-6-9(7-8)18-3/h4-7H,1-3H3,(H2,13,14,15,16). The fourth-order valence-corrected chi connectivity index (χ4v) is 1.47. The predicted molar refractivity (Wildman–Crippen MR) is 70.6 cm³/mol. The van der Waals surface area contributed by atoms with Crippen LogP contribution < -0.4 is 15.4 Å². The van der Waals surface area contributed by atoms with Gasteiger partial charge in [0.1, 0.15) is 5.75 Å². The van der Waals surface area contributed by atoms with E-state index in [9.17, 15) is 0 Å². The highest BCUT2D eigenvalue weighted by Crippen LogP contribution is 2.22. The van der Waals surface area contributed by atoms with Gasteiger partial charge in [-0.25, -0.2) is 0 Å². The molecule has 2 N–H and O–H groups in total. The third-order valence-corrected chi connectivity index (χ3v) is 2.37. The van der Waals surface area contributed by atoms with E-state index in [1.165, 1.54) is 0 Å². The summed E-state index contributed by atoms with van der Waals surface area (Å²) in [7, 11) is 5.32. The highest BCUT2D eigenvalue weighted by Gasteiger charge is 2.08. The van der Waals surface area contributed by atoms with Gasteiger partial charge in [-0.1, -0.05) is 12.1 Å². The molecule has 2 rings (SSSR count). The second-order valence-corrected chi connectivity index (χ2v) is 3.94. The topological polar surface area (TPSA) is 77.2 Å². The number of nitrogens with two attached hydrogens (primary N) is 1. The van der Waals surface area contributed by atoms with E-state index >= 15 is 0 Å². The van der Waals surface area contributed by atoms with Crippen molar-refractivity contribution >= 4 is 11.9 Å². The quantitative estimate of drug-likeness (QED) is 0.875. The first-order valence-electron chi connectivity index (χ1n) is 5.43. The third kappa shape index (κ3) is 2.48. The summed E-state index contributed by atoms with van der Waals surface area (Å²) in [6, 6.07) is 7.50. The largest absolute Gasteiger partial charge is 0.497 e. The molecule has 0 aliphatic rings. The average molecular weight is 245 g/mol. The van der Waals surface area contributed by atoms with E-state index in [1.807, 2.05) is 38.4 Å². The lowest BCUT2D eigenvalue weighted by atomic mass is 10.2. The van der Waals surface area contributed by atoms with Gasteiger partial charge < -0.3 is 15.4 Å². The molecule has 1 aromatic heterocycles. The fraction of sp³-hybridized carbons (Fsp3) is 0.250. The van der Waals surface area contributed by atoms with E-state index in [2.05, 4.69) is 15.0 Å². The molecule has 0 fully saturated rings. The minimum absolute atomic E-state index is 0.200. The first kappa shape index (κ1) is 12.1. The summed E-state index contributed by atoms with van der Waals surface area (Å²) in [5.41, 5.74) is 6.52. The molecule has 0 saturated heterocycles. The number of hydrogen-bond acceptors (Lipinski definition) is 6.